The van der Waals surface area contributed by atoms with Crippen molar-refractivity contribution in [3.05, 3.63) is 0 Å². The normalized spacial score (nSPS) is 10.5. The van der Waals surface area contributed by atoms with Crippen molar-refractivity contribution >= 4 is 52.3 Å². The maximum atomic E-state index is 10.8. The molecule has 0 aliphatic rings. The van der Waals surface area contributed by atoms with Crippen LogP contribution in [0.4, 0.5) is 0 Å². The maximum absolute atomic E-state index is 10.8. The summed E-state index contributed by atoms with van der Waals surface area (Å²) in [7, 11) is 0. The molecule has 0 N–H and O–H groups in total. The van der Waals surface area contributed by atoms with Crippen molar-refractivity contribution in [2.75, 3.05) is 0 Å². The van der Waals surface area contributed by atoms with Gasteiger partial charge in [0.05, 0.1) is 0 Å². The molecule has 0 aliphatic heterocycles. The minimum atomic E-state index is -1.73. The first-order valence-corrected chi connectivity index (χ1v) is 20.9. The SMILES string of the molecule is CCC[CH2][Sn]([CH2]CCC)[O]C(C)=O.CCC[CH2][Sn]([CH2]CCC)[O]C(C)=O. The van der Waals surface area contributed by atoms with E-state index in [2.05, 4.69) is 27.7 Å². The molecule has 2 radical (unpaired) electrons. The first-order chi connectivity index (χ1) is 12.4. The van der Waals surface area contributed by atoms with Crippen LogP contribution in [0.25, 0.3) is 0 Å². The molecule has 0 aromatic carbocycles. The van der Waals surface area contributed by atoms with Gasteiger partial charge in [-0.05, 0) is 0 Å². The molecule has 4 nitrogen and oxygen atoms in total. The predicted molar refractivity (Wildman–Crippen MR) is 114 cm³/mol. The van der Waals surface area contributed by atoms with Gasteiger partial charge in [-0.2, -0.15) is 0 Å². The van der Waals surface area contributed by atoms with Gasteiger partial charge in [0, 0.05) is 0 Å². The van der Waals surface area contributed by atoms with E-state index in [0.29, 0.717) is 0 Å². The van der Waals surface area contributed by atoms with Gasteiger partial charge in [-0.25, -0.2) is 0 Å². The van der Waals surface area contributed by atoms with Gasteiger partial charge >= 0.3 is 179 Å². The number of hydrogen-bond acceptors (Lipinski definition) is 4. The number of unbranched alkanes of at least 4 members (excludes halogenated alkanes) is 4. The standard InChI is InChI=1S/4C4H9.2C2H4O2.2Sn/c4*1-3-4-2;2*1-2(3)4;;/h4*1,3-4H2,2H3;2*1H3,(H,3,4);;/q;;;;;;2*+1/p-2. The summed E-state index contributed by atoms with van der Waals surface area (Å²) in [5.41, 5.74) is 0. The summed E-state index contributed by atoms with van der Waals surface area (Å²) in [6.07, 6.45) is 9.85. The van der Waals surface area contributed by atoms with Crippen molar-refractivity contribution in [2.45, 2.75) is 111 Å². The molecular weight excluding hydrogens is 542 g/mol. The van der Waals surface area contributed by atoms with Gasteiger partial charge in [0.25, 0.3) is 0 Å². The molecule has 0 aromatic rings. The van der Waals surface area contributed by atoms with Crippen LogP contribution in [0, 0.1) is 0 Å². The van der Waals surface area contributed by atoms with Gasteiger partial charge in [-0.15, -0.1) is 0 Å². The monoisotopic (exact) mass is 586 g/mol. The molecule has 154 valence electrons. The second-order valence-corrected chi connectivity index (χ2v) is 19.7. The van der Waals surface area contributed by atoms with Crippen LogP contribution >= 0.6 is 0 Å². The Hall–Kier alpha value is 0.537. The zero-order valence-electron chi connectivity index (χ0n) is 18.1. The van der Waals surface area contributed by atoms with Crippen LogP contribution < -0.4 is 0 Å². The van der Waals surface area contributed by atoms with Gasteiger partial charge < -0.3 is 0 Å². The Balaban J connectivity index is 0. The van der Waals surface area contributed by atoms with Gasteiger partial charge in [0.1, 0.15) is 0 Å². The van der Waals surface area contributed by atoms with Crippen LogP contribution in [0.3, 0.4) is 0 Å². The molecule has 0 saturated heterocycles. The zero-order valence-corrected chi connectivity index (χ0v) is 23.8. The molecule has 0 bridgehead atoms. The van der Waals surface area contributed by atoms with E-state index in [1.165, 1.54) is 69.1 Å². The summed E-state index contributed by atoms with van der Waals surface area (Å²) in [5.74, 6) is -0.108. The molecular formula is C20H42O4Sn2. The molecule has 0 saturated carbocycles. The summed E-state index contributed by atoms with van der Waals surface area (Å²) < 4.78 is 15.7. The van der Waals surface area contributed by atoms with Gasteiger partial charge in [-0.3, -0.25) is 0 Å². The average Bonchev–Trinajstić information content (AvgIpc) is 2.59. The predicted octanol–water partition coefficient (Wildman–Crippen LogP) is 6.28. The quantitative estimate of drug-likeness (QED) is 0.226. The van der Waals surface area contributed by atoms with Crippen molar-refractivity contribution in [1.82, 2.24) is 0 Å². The van der Waals surface area contributed by atoms with E-state index in [0.717, 1.165) is 0 Å². The zero-order chi connectivity index (χ0) is 20.2. The molecule has 0 atom stereocenters. The summed E-state index contributed by atoms with van der Waals surface area (Å²) in [4.78, 5) is 21.6. The Morgan fingerprint density at radius 1 is 0.577 bits per heavy atom. The van der Waals surface area contributed by atoms with Crippen molar-refractivity contribution in [3.63, 3.8) is 0 Å². The Morgan fingerprint density at radius 3 is 0.962 bits per heavy atom. The Morgan fingerprint density at radius 2 is 0.808 bits per heavy atom. The van der Waals surface area contributed by atoms with Gasteiger partial charge in [-0.1, -0.05) is 0 Å². The van der Waals surface area contributed by atoms with E-state index in [1.54, 1.807) is 13.8 Å². The molecule has 6 heteroatoms. The van der Waals surface area contributed by atoms with Crippen molar-refractivity contribution in [2.24, 2.45) is 0 Å². The second kappa shape index (κ2) is 21.8. The summed E-state index contributed by atoms with van der Waals surface area (Å²) in [6, 6.07) is 0. The fourth-order valence-electron chi connectivity index (χ4n) is 2.36. The topological polar surface area (TPSA) is 52.6 Å². The molecule has 0 amide bonds. The third-order valence-electron chi connectivity index (χ3n) is 3.81. The fraction of sp³-hybridized carbons (Fsp3) is 0.900. The van der Waals surface area contributed by atoms with Crippen LogP contribution in [0.1, 0.15) is 92.9 Å². The van der Waals surface area contributed by atoms with Gasteiger partial charge in [0.15, 0.2) is 0 Å². The fourth-order valence-corrected chi connectivity index (χ4v) is 15.8. The Kier molecular flexibility index (Phi) is 24.1. The molecule has 0 aliphatic carbocycles. The molecule has 0 heterocycles. The minimum absolute atomic E-state index is 0.0541. The first kappa shape index (κ1) is 28.7. The molecule has 0 aromatic heterocycles. The first-order valence-electron chi connectivity index (χ1n) is 10.5. The Labute approximate surface area is 177 Å². The molecule has 0 unspecified atom stereocenters. The molecule has 0 fully saturated rings. The second-order valence-electron chi connectivity index (χ2n) is 6.68. The number of rotatable bonds is 14. The summed E-state index contributed by atoms with van der Waals surface area (Å²) in [6.45, 7) is 11.8. The summed E-state index contributed by atoms with van der Waals surface area (Å²) >= 11 is -3.47. The van der Waals surface area contributed by atoms with Gasteiger partial charge in [0.2, 0.25) is 0 Å². The number of carbonyl (C=O) groups is 2. The van der Waals surface area contributed by atoms with Crippen molar-refractivity contribution in [1.29, 1.82) is 0 Å². The molecule has 0 rings (SSSR count). The number of carbonyl (C=O) groups excluding carboxylic acids is 2. The van der Waals surface area contributed by atoms with Crippen molar-refractivity contribution in [3.8, 4) is 0 Å². The van der Waals surface area contributed by atoms with E-state index >= 15 is 0 Å². The number of hydrogen-bond donors (Lipinski definition) is 0. The third-order valence-corrected chi connectivity index (χ3v) is 17.5. The van der Waals surface area contributed by atoms with E-state index in [-0.39, 0.29) is 11.9 Å². The van der Waals surface area contributed by atoms with E-state index in [1.807, 2.05) is 0 Å². The summed E-state index contributed by atoms with van der Waals surface area (Å²) in [5, 5.41) is 0. The molecule has 0 spiro atoms. The third kappa shape index (κ3) is 22.6. The Bertz CT molecular complexity index is 290. The van der Waals surface area contributed by atoms with Crippen molar-refractivity contribution < 1.29 is 15.7 Å². The van der Waals surface area contributed by atoms with Crippen LogP contribution in [-0.2, 0) is 15.7 Å². The average molecular weight is 584 g/mol. The molecule has 26 heavy (non-hydrogen) atoms. The van der Waals surface area contributed by atoms with Crippen LogP contribution in [0.15, 0.2) is 0 Å². The van der Waals surface area contributed by atoms with E-state index < -0.39 is 40.3 Å². The van der Waals surface area contributed by atoms with Crippen LogP contribution in [-0.4, -0.2) is 52.3 Å². The van der Waals surface area contributed by atoms with Crippen LogP contribution in [0.5, 0.6) is 0 Å². The van der Waals surface area contributed by atoms with E-state index in [4.69, 9.17) is 6.15 Å². The van der Waals surface area contributed by atoms with E-state index in [9.17, 15) is 9.59 Å². The van der Waals surface area contributed by atoms with Crippen LogP contribution in [0.2, 0.25) is 17.7 Å².